The molecular formula is C27H27N3O7. The Morgan fingerprint density at radius 3 is 2.54 bits per heavy atom. The maximum absolute atomic E-state index is 13.2. The molecule has 10 nitrogen and oxygen atoms in total. The Hall–Kier alpha value is -4.47. The van der Waals surface area contributed by atoms with E-state index in [0.717, 1.165) is 5.69 Å². The van der Waals surface area contributed by atoms with E-state index >= 15 is 0 Å². The number of nitrogens with one attached hydrogen (secondary N) is 1. The highest BCUT2D eigenvalue weighted by molar-refractivity contribution is 6.06. The summed E-state index contributed by atoms with van der Waals surface area (Å²) in [6.07, 6.45) is 0. The molecule has 1 N–H and O–H groups in total. The Morgan fingerprint density at radius 2 is 1.84 bits per heavy atom. The molecule has 0 bridgehead atoms. The molecule has 192 valence electrons. The van der Waals surface area contributed by atoms with Crippen LogP contribution in [0.3, 0.4) is 0 Å². The van der Waals surface area contributed by atoms with E-state index in [-0.39, 0.29) is 30.4 Å². The van der Waals surface area contributed by atoms with Crippen LogP contribution in [0.2, 0.25) is 0 Å². The highest BCUT2D eigenvalue weighted by Crippen LogP contribution is 2.34. The Morgan fingerprint density at radius 1 is 1.11 bits per heavy atom. The fraction of sp³-hybridized carbons (Fsp3) is 0.296. The number of likely N-dealkylation sites (N-methyl/N-ethyl adjacent to an activating group) is 1. The molecule has 2 aromatic carbocycles. The van der Waals surface area contributed by atoms with Gasteiger partial charge in [0, 0.05) is 36.5 Å². The molecular weight excluding hydrogens is 478 g/mol. The molecule has 1 amide bonds. The second-order valence-corrected chi connectivity index (χ2v) is 8.53. The summed E-state index contributed by atoms with van der Waals surface area (Å²) in [5, 5.41) is 3.42. The number of amides is 1. The summed E-state index contributed by atoms with van der Waals surface area (Å²) < 4.78 is 16.5. The van der Waals surface area contributed by atoms with Gasteiger partial charge in [-0.3, -0.25) is 9.59 Å². The molecule has 0 aromatic heterocycles. The zero-order valence-electron chi connectivity index (χ0n) is 21.0. The molecule has 0 radical (unpaired) electrons. The van der Waals surface area contributed by atoms with Crippen molar-refractivity contribution in [1.29, 1.82) is 0 Å². The molecule has 1 aliphatic heterocycles. The van der Waals surface area contributed by atoms with Crippen molar-refractivity contribution in [1.82, 2.24) is 10.3 Å². The van der Waals surface area contributed by atoms with Gasteiger partial charge in [0.05, 0.1) is 13.2 Å². The van der Waals surface area contributed by atoms with E-state index < -0.39 is 23.4 Å². The van der Waals surface area contributed by atoms with Crippen LogP contribution in [0.5, 0.6) is 0 Å². The fourth-order valence-electron chi connectivity index (χ4n) is 4.01. The van der Waals surface area contributed by atoms with Crippen LogP contribution in [-0.4, -0.2) is 55.7 Å². The number of carbonyl (C=O) groups is 3. The van der Waals surface area contributed by atoms with E-state index in [1.807, 2.05) is 18.0 Å². The number of anilines is 1. The Balaban J connectivity index is 1.67. The van der Waals surface area contributed by atoms with E-state index in [2.05, 4.69) is 5.32 Å². The summed E-state index contributed by atoms with van der Waals surface area (Å²) in [7, 11) is 1.81. The molecule has 1 atom stereocenters. The third kappa shape index (κ3) is 5.23. The first-order valence-corrected chi connectivity index (χ1v) is 11.8. The lowest BCUT2D eigenvalue weighted by Gasteiger charge is -2.20. The Bertz CT molecular complexity index is 1530. The summed E-state index contributed by atoms with van der Waals surface area (Å²) in [6, 6.07) is 11.5. The highest BCUT2D eigenvalue weighted by Gasteiger charge is 2.27. The van der Waals surface area contributed by atoms with Crippen LogP contribution in [0.25, 0.3) is 33.3 Å². The van der Waals surface area contributed by atoms with E-state index in [1.165, 1.54) is 6.92 Å². The molecule has 1 heterocycles. The minimum atomic E-state index is -0.767. The van der Waals surface area contributed by atoms with Crippen LogP contribution < -0.4 is 15.6 Å². The van der Waals surface area contributed by atoms with Gasteiger partial charge in [-0.1, -0.05) is 24.3 Å². The number of benzene rings is 3. The van der Waals surface area contributed by atoms with Gasteiger partial charge >= 0.3 is 11.9 Å². The first-order chi connectivity index (χ1) is 17.7. The number of ether oxygens (including phenoxy) is 2. The van der Waals surface area contributed by atoms with Crippen LogP contribution in [0.15, 0.2) is 51.7 Å². The number of carbonyl (C=O) groups excluding carboxylic acids is 3. The molecule has 1 unspecified atom stereocenters. The van der Waals surface area contributed by atoms with Crippen LogP contribution in [0.4, 0.5) is 5.69 Å². The number of aromatic nitrogens is 1. The quantitative estimate of drug-likeness (QED) is 0.218. The number of hydrogen-bond acceptors (Lipinski definition) is 9. The van der Waals surface area contributed by atoms with Crippen LogP contribution >= 0.6 is 0 Å². The Kier molecular flexibility index (Phi) is 7.37. The van der Waals surface area contributed by atoms with Gasteiger partial charge in [0.2, 0.25) is 11.3 Å². The summed E-state index contributed by atoms with van der Waals surface area (Å²) in [5.41, 5.74) is 1.38. The molecule has 37 heavy (non-hydrogen) atoms. The van der Waals surface area contributed by atoms with Gasteiger partial charge in [-0.25, -0.2) is 14.6 Å². The van der Waals surface area contributed by atoms with Crippen LogP contribution in [-0.2, 0) is 19.1 Å². The molecule has 1 aliphatic carbocycles. The van der Waals surface area contributed by atoms with E-state index in [1.54, 1.807) is 50.2 Å². The largest absolute Gasteiger partial charge is 0.462 e. The monoisotopic (exact) mass is 505 g/mol. The van der Waals surface area contributed by atoms with Crippen molar-refractivity contribution in [2.24, 2.45) is 0 Å². The normalized spacial score (nSPS) is 11.9. The van der Waals surface area contributed by atoms with Gasteiger partial charge in [-0.05, 0) is 26.0 Å². The summed E-state index contributed by atoms with van der Waals surface area (Å²) in [6.45, 7) is 5.12. The molecule has 0 saturated carbocycles. The SMILES string of the molecule is CCOC(=O)c1c2oc3cc(N(C)CCOC(=O)C(C)NC(C)=O)ccc3nc-2c2ccccc2c1=O. The molecule has 2 aromatic rings. The summed E-state index contributed by atoms with van der Waals surface area (Å²) in [4.78, 5) is 55.6. The Labute approximate surface area is 212 Å². The third-order valence-electron chi connectivity index (χ3n) is 5.85. The predicted molar refractivity (Wildman–Crippen MR) is 138 cm³/mol. The smallest absolute Gasteiger partial charge is 0.346 e. The number of esters is 2. The van der Waals surface area contributed by atoms with E-state index in [0.29, 0.717) is 34.1 Å². The van der Waals surface area contributed by atoms with Crippen molar-refractivity contribution in [2.45, 2.75) is 26.8 Å². The van der Waals surface area contributed by atoms with Gasteiger partial charge in [-0.15, -0.1) is 0 Å². The van der Waals surface area contributed by atoms with Crippen LogP contribution in [0, 0.1) is 0 Å². The molecule has 0 spiro atoms. The average molecular weight is 506 g/mol. The fourth-order valence-corrected chi connectivity index (χ4v) is 4.01. The average Bonchev–Trinajstić information content (AvgIpc) is 2.87. The van der Waals surface area contributed by atoms with Gasteiger partial charge in [0.15, 0.2) is 16.9 Å². The zero-order valence-corrected chi connectivity index (χ0v) is 21.0. The van der Waals surface area contributed by atoms with E-state index in [4.69, 9.17) is 18.9 Å². The molecule has 10 heteroatoms. The second kappa shape index (κ2) is 10.7. The van der Waals surface area contributed by atoms with Gasteiger partial charge in [-0.2, -0.15) is 0 Å². The summed E-state index contributed by atoms with van der Waals surface area (Å²) in [5.74, 6) is -1.54. The molecule has 2 aliphatic rings. The van der Waals surface area contributed by atoms with Crippen molar-refractivity contribution < 1.29 is 28.3 Å². The number of nitrogens with zero attached hydrogens (tertiary/aromatic N) is 2. The highest BCUT2D eigenvalue weighted by atomic mass is 16.5. The minimum Gasteiger partial charge on any atom is -0.462 e. The maximum Gasteiger partial charge on any atom is 0.346 e. The van der Waals surface area contributed by atoms with Crippen molar-refractivity contribution >= 4 is 45.4 Å². The lowest BCUT2D eigenvalue weighted by molar-refractivity contribution is -0.146. The zero-order chi connectivity index (χ0) is 26.7. The third-order valence-corrected chi connectivity index (χ3v) is 5.85. The molecule has 0 fully saturated rings. The lowest BCUT2D eigenvalue weighted by Crippen LogP contribution is -2.39. The maximum atomic E-state index is 13.2. The van der Waals surface area contributed by atoms with Gasteiger partial charge in [0.1, 0.15) is 23.9 Å². The number of rotatable bonds is 8. The van der Waals surface area contributed by atoms with Gasteiger partial charge < -0.3 is 24.1 Å². The minimum absolute atomic E-state index is 0.0651. The number of hydrogen-bond donors (Lipinski definition) is 1. The first kappa shape index (κ1) is 25.6. The van der Waals surface area contributed by atoms with Crippen LogP contribution in [0.1, 0.15) is 31.1 Å². The van der Waals surface area contributed by atoms with Crippen molar-refractivity contribution in [3.05, 3.63) is 58.3 Å². The van der Waals surface area contributed by atoms with Crippen molar-refractivity contribution in [3.8, 4) is 11.5 Å². The summed E-state index contributed by atoms with van der Waals surface area (Å²) >= 11 is 0. The molecule has 0 saturated heterocycles. The van der Waals surface area contributed by atoms with Gasteiger partial charge in [0.25, 0.3) is 0 Å². The van der Waals surface area contributed by atoms with E-state index in [9.17, 15) is 19.2 Å². The number of fused-ring (bicyclic) bond motifs is 4. The standard InChI is InChI=1S/C27H27N3O7/c1-5-35-27(34)22-24(32)19-9-7-6-8-18(19)23-25(22)37-21-14-17(10-11-20(21)29-23)30(4)12-13-36-26(33)15(2)28-16(3)31/h6-11,14-15H,5,12-13H2,1-4H3,(H,28,31). The lowest BCUT2D eigenvalue weighted by atomic mass is 9.99. The van der Waals surface area contributed by atoms with Crippen molar-refractivity contribution in [2.75, 3.05) is 31.7 Å². The first-order valence-electron chi connectivity index (χ1n) is 11.8. The molecule has 4 rings (SSSR count). The topological polar surface area (TPSA) is 128 Å². The predicted octanol–water partition coefficient (Wildman–Crippen LogP) is 3.13. The van der Waals surface area contributed by atoms with Crippen molar-refractivity contribution in [3.63, 3.8) is 0 Å². The second-order valence-electron chi connectivity index (χ2n) is 8.53.